The summed E-state index contributed by atoms with van der Waals surface area (Å²) >= 11 is 0. The van der Waals surface area contributed by atoms with Crippen LogP contribution in [0, 0.1) is 11.3 Å². The van der Waals surface area contributed by atoms with E-state index in [9.17, 15) is 4.79 Å². The molecule has 0 radical (unpaired) electrons. The van der Waals surface area contributed by atoms with Gasteiger partial charge in [-0.25, -0.2) is 0 Å². The number of ketones is 1. The summed E-state index contributed by atoms with van der Waals surface area (Å²) < 4.78 is 0. The van der Waals surface area contributed by atoms with Crippen LogP contribution in [0.5, 0.6) is 0 Å². The predicted molar refractivity (Wildman–Crippen MR) is 111 cm³/mol. The average Bonchev–Trinajstić information content (AvgIpc) is 2.77. The van der Waals surface area contributed by atoms with Crippen LogP contribution < -0.4 is 0 Å². The van der Waals surface area contributed by atoms with E-state index >= 15 is 0 Å². The lowest BCUT2D eigenvalue weighted by Crippen LogP contribution is -2.20. The van der Waals surface area contributed by atoms with Gasteiger partial charge in [-0.2, -0.15) is 0 Å². The van der Waals surface area contributed by atoms with Crippen molar-refractivity contribution >= 4 is 17.9 Å². The molecule has 0 bridgehead atoms. The first kappa shape index (κ1) is 18.4. The molecule has 1 aliphatic rings. The second kappa shape index (κ2) is 7.86. The largest absolute Gasteiger partial charge is 0.289 e. The summed E-state index contributed by atoms with van der Waals surface area (Å²) in [5.74, 6) is 0.715. The van der Waals surface area contributed by atoms with E-state index in [0.717, 1.165) is 41.5 Å². The van der Waals surface area contributed by atoms with E-state index in [4.69, 9.17) is 0 Å². The number of rotatable bonds is 2. The van der Waals surface area contributed by atoms with E-state index in [-0.39, 0.29) is 11.2 Å². The second-order valence-corrected chi connectivity index (χ2v) is 8.30. The zero-order valence-electron chi connectivity index (χ0n) is 16.0. The normalized spacial score (nSPS) is 21.8. The molecule has 134 valence electrons. The third-order valence-electron chi connectivity index (χ3n) is 5.32. The maximum atomic E-state index is 13.3. The number of allylic oxidation sites excluding steroid dienone is 2. The summed E-state index contributed by atoms with van der Waals surface area (Å²) in [6.07, 6.45) is 6.92. The molecule has 0 amide bonds. The molecule has 0 aromatic heterocycles. The SMILES string of the molecule is CC(C)(C)C1CCC(=Cc2ccccc2)C(=O)C(=Cc2ccccc2)C1. The minimum absolute atomic E-state index is 0.193. The predicted octanol–water partition coefficient (Wildman–Crippen LogP) is 6.57. The lowest BCUT2D eigenvalue weighted by atomic mass is 9.75. The standard InChI is InChI=1S/C25H28O/c1-25(2,3)23-15-14-21(16-19-10-6-4-7-11-19)24(26)22(18-23)17-20-12-8-5-9-13-20/h4-13,16-17,23H,14-15,18H2,1-3H3. The fraction of sp³-hybridized carbons (Fsp3) is 0.320. The van der Waals surface area contributed by atoms with Gasteiger partial charge < -0.3 is 0 Å². The Kier molecular flexibility index (Phi) is 5.56. The topological polar surface area (TPSA) is 17.1 Å². The van der Waals surface area contributed by atoms with Crippen molar-refractivity contribution in [2.24, 2.45) is 11.3 Å². The highest BCUT2D eigenvalue weighted by atomic mass is 16.1. The molecule has 1 unspecified atom stereocenters. The number of Topliss-reactive ketones (excluding diaryl/α,β-unsaturated/α-hetero) is 1. The molecular weight excluding hydrogens is 316 g/mol. The van der Waals surface area contributed by atoms with Gasteiger partial charge in [-0.1, -0.05) is 81.4 Å². The smallest absolute Gasteiger partial charge is 0.185 e. The first-order chi connectivity index (χ1) is 12.4. The first-order valence-corrected chi connectivity index (χ1v) is 9.49. The molecule has 0 aliphatic heterocycles. The Hall–Kier alpha value is -2.41. The maximum absolute atomic E-state index is 13.3. The average molecular weight is 344 g/mol. The van der Waals surface area contributed by atoms with Crippen LogP contribution >= 0.6 is 0 Å². The van der Waals surface area contributed by atoms with Crippen molar-refractivity contribution in [2.45, 2.75) is 40.0 Å². The molecule has 1 nitrogen and oxygen atoms in total. The van der Waals surface area contributed by atoms with Gasteiger partial charge in [0.1, 0.15) is 0 Å². The van der Waals surface area contributed by atoms with Crippen LogP contribution in [-0.2, 0) is 4.79 Å². The van der Waals surface area contributed by atoms with Gasteiger partial charge in [0, 0.05) is 11.1 Å². The van der Waals surface area contributed by atoms with Crippen molar-refractivity contribution in [3.8, 4) is 0 Å². The van der Waals surface area contributed by atoms with Crippen LogP contribution in [0.15, 0.2) is 71.8 Å². The Morgan fingerprint density at radius 2 is 1.31 bits per heavy atom. The van der Waals surface area contributed by atoms with Crippen LogP contribution in [0.2, 0.25) is 0 Å². The molecule has 26 heavy (non-hydrogen) atoms. The van der Waals surface area contributed by atoms with E-state index < -0.39 is 0 Å². The molecule has 3 rings (SSSR count). The van der Waals surface area contributed by atoms with Crippen molar-refractivity contribution in [3.63, 3.8) is 0 Å². The Morgan fingerprint density at radius 3 is 1.81 bits per heavy atom. The van der Waals surface area contributed by atoms with Crippen LogP contribution in [-0.4, -0.2) is 5.78 Å². The van der Waals surface area contributed by atoms with E-state index in [0.29, 0.717) is 5.92 Å². The molecule has 1 saturated carbocycles. The lowest BCUT2D eigenvalue weighted by Gasteiger charge is -2.29. The first-order valence-electron chi connectivity index (χ1n) is 9.49. The number of hydrogen-bond donors (Lipinski definition) is 0. The Balaban J connectivity index is 2.00. The van der Waals surface area contributed by atoms with Crippen molar-refractivity contribution in [2.75, 3.05) is 0 Å². The summed E-state index contributed by atoms with van der Waals surface area (Å²) in [6.45, 7) is 6.86. The lowest BCUT2D eigenvalue weighted by molar-refractivity contribution is -0.112. The van der Waals surface area contributed by atoms with Crippen LogP contribution in [0.3, 0.4) is 0 Å². The summed E-state index contributed by atoms with van der Waals surface area (Å²) in [6, 6.07) is 20.4. The number of carbonyl (C=O) groups excluding carboxylic acids is 1. The molecule has 1 aliphatic carbocycles. The van der Waals surface area contributed by atoms with Crippen molar-refractivity contribution in [1.29, 1.82) is 0 Å². The summed E-state index contributed by atoms with van der Waals surface area (Å²) in [5.41, 5.74) is 4.27. The molecule has 0 saturated heterocycles. The summed E-state index contributed by atoms with van der Waals surface area (Å²) in [5, 5.41) is 0. The number of hydrogen-bond acceptors (Lipinski definition) is 1. The quantitative estimate of drug-likeness (QED) is 0.445. The van der Waals surface area contributed by atoms with Crippen LogP contribution in [0.4, 0.5) is 0 Å². The Bertz CT molecular complexity index is 804. The van der Waals surface area contributed by atoms with Gasteiger partial charge in [-0.05, 0) is 53.9 Å². The molecule has 1 atom stereocenters. The van der Waals surface area contributed by atoms with Gasteiger partial charge in [-0.15, -0.1) is 0 Å². The summed E-state index contributed by atoms with van der Waals surface area (Å²) in [7, 11) is 0. The summed E-state index contributed by atoms with van der Waals surface area (Å²) in [4.78, 5) is 13.3. The van der Waals surface area contributed by atoms with Crippen LogP contribution in [0.25, 0.3) is 12.2 Å². The van der Waals surface area contributed by atoms with Gasteiger partial charge in [-0.3, -0.25) is 4.79 Å². The fourth-order valence-corrected chi connectivity index (χ4v) is 3.61. The van der Waals surface area contributed by atoms with Crippen molar-refractivity contribution < 1.29 is 4.79 Å². The molecule has 0 N–H and O–H groups in total. The molecule has 1 heteroatoms. The monoisotopic (exact) mass is 344 g/mol. The molecule has 1 fully saturated rings. The van der Waals surface area contributed by atoms with Crippen molar-refractivity contribution in [1.82, 2.24) is 0 Å². The Labute approximate surface area is 157 Å². The highest BCUT2D eigenvalue weighted by Gasteiger charge is 2.31. The van der Waals surface area contributed by atoms with Gasteiger partial charge in [0.25, 0.3) is 0 Å². The van der Waals surface area contributed by atoms with E-state index in [1.54, 1.807) is 0 Å². The van der Waals surface area contributed by atoms with E-state index in [1.807, 2.05) is 36.4 Å². The van der Waals surface area contributed by atoms with Gasteiger partial charge in [0.15, 0.2) is 5.78 Å². The zero-order valence-corrected chi connectivity index (χ0v) is 16.0. The van der Waals surface area contributed by atoms with Crippen LogP contribution in [0.1, 0.15) is 51.2 Å². The zero-order chi connectivity index (χ0) is 18.6. The molecule has 2 aromatic carbocycles. The fourth-order valence-electron chi connectivity index (χ4n) is 3.61. The second-order valence-electron chi connectivity index (χ2n) is 8.30. The number of benzene rings is 2. The minimum Gasteiger partial charge on any atom is -0.289 e. The van der Waals surface area contributed by atoms with E-state index in [1.165, 1.54) is 0 Å². The maximum Gasteiger partial charge on any atom is 0.185 e. The molecule has 2 aromatic rings. The third kappa shape index (κ3) is 4.60. The molecule has 0 heterocycles. The number of carbonyl (C=O) groups is 1. The van der Waals surface area contributed by atoms with Gasteiger partial charge >= 0.3 is 0 Å². The van der Waals surface area contributed by atoms with Gasteiger partial charge in [0.2, 0.25) is 0 Å². The highest BCUT2D eigenvalue weighted by molar-refractivity contribution is 6.13. The highest BCUT2D eigenvalue weighted by Crippen LogP contribution is 2.40. The Morgan fingerprint density at radius 1 is 0.808 bits per heavy atom. The molecular formula is C25H28O. The van der Waals surface area contributed by atoms with E-state index in [2.05, 4.69) is 57.2 Å². The molecule has 0 spiro atoms. The van der Waals surface area contributed by atoms with Gasteiger partial charge in [0.05, 0.1) is 0 Å². The third-order valence-corrected chi connectivity index (χ3v) is 5.32. The minimum atomic E-state index is 0.193. The van der Waals surface area contributed by atoms with Crippen molar-refractivity contribution in [3.05, 3.63) is 82.9 Å².